The van der Waals surface area contributed by atoms with Gasteiger partial charge in [0.1, 0.15) is 0 Å². The largest absolute Gasteiger partial charge is 0.461 e. The number of furan rings is 1. The topological polar surface area (TPSA) is 108 Å². The quantitative estimate of drug-likeness (QED) is 0.231. The molecule has 9 heteroatoms. The summed E-state index contributed by atoms with van der Waals surface area (Å²) >= 11 is 1.60. The second-order valence-corrected chi connectivity index (χ2v) is 15.7. The molecule has 2 N–H and O–H groups in total. The van der Waals surface area contributed by atoms with Crippen LogP contribution in [0.15, 0.2) is 70.2 Å². The predicted octanol–water partition coefficient (Wildman–Crippen LogP) is 6.11. The number of allylic oxidation sites excluding steroid dienone is 2. The van der Waals surface area contributed by atoms with Gasteiger partial charge in [0.2, 0.25) is 15.8 Å². The highest BCUT2D eigenvalue weighted by atomic mass is 32.2. The summed E-state index contributed by atoms with van der Waals surface area (Å²) in [7, 11) is -3.60. The number of thiophene rings is 1. The van der Waals surface area contributed by atoms with Crippen molar-refractivity contribution in [3.05, 3.63) is 93.1 Å². The fraction of sp³-hybridized carbons (Fsp3) is 0.500. The fourth-order valence-corrected chi connectivity index (χ4v) is 8.65. The molecule has 0 radical (unpaired) electrons. The van der Waals surface area contributed by atoms with Crippen LogP contribution in [0.1, 0.15) is 90.4 Å². The van der Waals surface area contributed by atoms with Gasteiger partial charge in [0.05, 0.1) is 24.2 Å². The summed E-state index contributed by atoms with van der Waals surface area (Å²) in [5, 5.41) is 25.3. The number of carbonyl (C=O) groups excluding carboxylic acids is 1. The normalized spacial score (nSPS) is 26.7. The van der Waals surface area contributed by atoms with Gasteiger partial charge in [-0.3, -0.25) is 4.79 Å². The molecule has 1 aromatic carbocycles. The van der Waals surface area contributed by atoms with E-state index in [0.29, 0.717) is 57.1 Å². The molecule has 43 heavy (non-hydrogen) atoms. The van der Waals surface area contributed by atoms with Crippen molar-refractivity contribution in [1.82, 2.24) is 4.31 Å². The molecule has 4 atom stereocenters. The number of rotatable bonds is 8. The van der Waals surface area contributed by atoms with Crippen molar-refractivity contribution >= 4 is 27.1 Å². The van der Waals surface area contributed by atoms with E-state index in [4.69, 9.17) is 4.42 Å². The molecule has 2 heterocycles. The Bertz CT molecular complexity index is 1550. The van der Waals surface area contributed by atoms with Crippen molar-refractivity contribution in [1.29, 1.82) is 0 Å². The zero-order valence-corrected chi connectivity index (χ0v) is 26.9. The molecule has 3 aromatic rings. The average molecular weight is 626 g/mol. The lowest BCUT2D eigenvalue weighted by Crippen LogP contribution is -2.54. The monoisotopic (exact) mass is 625 g/mol. The minimum Gasteiger partial charge on any atom is -0.461 e. The summed E-state index contributed by atoms with van der Waals surface area (Å²) in [5.74, 6) is -0.183. The van der Waals surface area contributed by atoms with Gasteiger partial charge < -0.3 is 14.6 Å². The standard InChI is InChI=1S/C34H43NO6S2/c1-24-7-4-16-33(2)30(14-17-34(33,38)23-35(43(3,39)40)18-15-27-8-6-20-42-27)28-13-11-25(21-26(36)12-10-24)22-29(28)32(37)31-9-5-19-41-31/h5-9,11,13,19-20,22,26,30,36,38H,4,10,12,14-18,21,23H2,1-3H3/t26-,30-,33-,34+/m0/s1. The van der Waals surface area contributed by atoms with Gasteiger partial charge in [-0.15, -0.1) is 11.3 Å². The number of sulfonamides is 1. The van der Waals surface area contributed by atoms with Crippen LogP contribution in [0, 0.1) is 5.41 Å². The van der Waals surface area contributed by atoms with Gasteiger partial charge in [0, 0.05) is 28.9 Å². The van der Waals surface area contributed by atoms with Crippen LogP contribution in [0.4, 0.5) is 0 Å². The molecule has 1 saturated carbocycles. The van der Waals surface area contributed by atoms with Gasteiger partial charge in [-0.1, -0.05) is 36.8 Å². The van der Waals surface area contributed by atoms with E-state index in [2.05, 4.69) is 19.9 Å². The van der Waals surface area contributed by atoms with E-state index >= 15 is 0 Å². The first-order valence-electron chi connectivity index (χ1n) is 15.1. The summed E-state index contributed by atoms with van der Waals surface area (Å²) in [6.45, 7) is 4.43. The minimum absolute atomic E-state index is 0.00134. The molecule has 3 aliphatic rings. The Morgan fingerprint density at radius 3 is 2.67 bits per heavy atom. The van der Waals surface area contributed by atoms with Crippen LogP contribution in [-0.4, -0.2) is 59.8 Å². The molecule has 7 nitrogen and oxygen atoms in total. The Hall–Kier alpha value is -2.56. The number of benzene rings is 1. The second-order valence-electron chi connectivity index (χ2n) is 12.7. The number of fused-ring (bicyclic) bond motifs is 8. The third kappa shape index (κ3) is 6.91. The molecule has 0 aliphatic heterocycles. The molecule has 2 aromatic heterocycles. The first-order valence-corrected chi connectivity index (χ1v) is 17.9. The van der Waals surface area contributed by atoms with E-state index < -0.39 is 27.1 Å². The molecule has 0 spiro atoms. The van der Waals surface area contributed by atoms with E-state index in [-0.39, 0.29) is 24.0 Å². The van der Waals surface area contributed by atoms with Crippen molar-refractivity contribution in [2.75, 3.05) is 19.3 Å². The smallest absolute Gasteiger partial charge is 0.228 e. The van der Waals surface area contributed by atoms with Crippen molar-refractivity contribution in [2.24, 2.45) is 5.41 Å². The number of aliphatic hydroxyl groups excluding tert-OH is 1. The number of aliphatic hydroxyl groups is 2. The van der Waals surface area contributed by atoms with Crippen LogP contribution < -0.4 is 0 Å². The summed E-state index contributed by atoms with van der Waals surface area (Å²) in [6, 6.07) is 13.1. The lowest BCUT2D eigenvalue weighted by atomic mass is 9.65. The third-order valence-corrected chi connectivity index (χ3v) is 11.9. The van der Waals surface area contributed by atoms with Gasteiger partial charge in [-0.25, -0.2) is 8.42 Å². The highest BCUT2D eigenvalue weighted by molar-refractivity contribution is 7.88. The zero-order valence-electron chi connectivity index (χ0n) is 25.3. The second kappa shape index (κ2) is 12.8. The molecule has 0 amide bonds. The first-order chi connectivity index (χ1) is 20.4. The number of hydrogen-bond donors (Lipinski definition) is 2. The van der Waals surface area contributed by atoms with Crippen molar-refractivity contribution in [3.8, 4) is 0 Å². The highest BCUT2D eigenvalue weighted by Crippen LogP contribution is 2.59. The van der Waals surface area contributed by atoms with Gasteiger partial charge in [0.25, 0.3) is 0 Å². The van der Waals surface area contributed by atoms with Crippen LogP contribution in [0.2, 0.25) is 0 Å². The third-order valence-electron chi connectivity index (χ3n) is 9.76. The van der Waals surface area contributed by atoms with E-state index in [1.54, 1.807) is 23.5 Å². The molecule has 2 bridgehead atoms. The van der Waals surface area contributed by atoms with E-state index in [1.807, 2.05) is 35.7 Å². The van der Waals surface area contributed by atoms with E-state index in [1.165, 1.54) is 22.4 Å². The van der Waals surface area contributed by atoms with E-state index in [9.17, 15) is 23.4 Å². The van der Waals surface area contributed by atoms with Crippen LogP contribution in [0.3, 0.4) is 0 Å². The van der Waals surface area contributed by atoms with Crippen molar-refractivity contribution in [3.63, 3.8) is 0 Å². The zero-order chi connectivity index (χ0) is 30.8. The number of nitrogens with zero attached hydrogens (tertiary/aromatic N) is 1. The maximum atomic E-state index is 13.8. The maximum Gasteiger partial charge on any atom is 0.228 e. The first kappa shape index (κ1) is 31.9. The lowest BCUT2D eigenvalue weighted by molar-refractivity contribution is -0.0722. The SMILES string of the molecule is CC1=CCC[C@@]2(C)[C@@H](CC[C@@]2(O)CN(CCc2cccs2)S(C)(=O)=O)c2ccc(cc2C(=O)c2ccco2)C[C@@H](O)CC1. The summed E-state index contributed by atoms with van der Waals surface area (Å²) in [6.07, 6.45) is 9.08. The highest BCUT2D eigenvalue weighted by Gasteiger charge is 2.57. The summed E-state index contributed by atoms with van der Waals surface area (Å²) < 4.78 is 33.0. The van der Waals surface area contributed by atoms with Crippen LogP contribution in [0.5, 0.6) is 0 Å². The molecule has 0 unspecified atom stereocenters. The Morgan fingerprint density at radius 1 is 1.16 bits per heavy atom. The van der Waals surface area contributed by atoms with Crippen molar-refractivity contribution < 1.29 is 27.8 Å². The average Bonchev–Trinajstić information content (AvgIpc) is 3.72. The molecule has 232 valence electrons. The van der Waals surface area contributed by atoms with Gasteiger partial charge in [-0.2, -0.15) is 4.31 Å². The van der Waals surface area contributed by atoms with Crippen molar-refractivity contribution in [2.45, 2.75) is 82.8 Å². The Balaban J connectivity index is 1.57. The molecule has 0 saturated heterocycles. The molecular weight excluding hydrogens is 583 g/mol. The Kier molecular flexibility index (Phi) is 9.49. The van der Waals surface area contributed by atoms with Crippen LogP contribution in [-0.2, 0) is 22.9 Å². The summed E-state index contributed by atoms with van der Waals surface area (Å²) in [4.78, 5) is 14.9. The molecule has 1 fully saturated rings. The van der Waals surface area contributed by atoms with Crippen LogP contribution in [0.25, 0.3) is 0 Å². The minimum atomic E-state index is -3.60. The lowest BCUT2D eigenvalue weighted by Gasteiger charge is -2.45. The summed E-state index contributed by atoms with van der Waals surface area (Å²) in [5.41, 5.74) is 1.38. The predicted molar refractivity (Wildman–Crippen MR) is 170 cm³/mol. The van der Waals surface area contributed by atoms with Gasteiger partial charge >= 0.3 is 0 Å². The van der Waals surface area contributed by atoms with Gasteiger partial charge in [-0.05, 0) is 105 Å². The number of hydrogen-bond acceptors (Lipinski definition) is 7. The Morgan fingerprint density at radius 2 is 1.98 bits per heavy atom. The number of carbonyl (C=O) groups is 1. The molecule has 3 aliphatic carbocycles. The number of ketones is 1. The fourth-order valence-electron chi connectivity index (χ4n) is 7.08. The Labute approximate surface area is 259 Å². The maximum absolute atomic E-state index is 13.8. The molecule has 6 rings (SSSR count). The molecular formula is C34H43NO6S2. The van der Waals surface area contributed by atoms with Crippen LogP contribution >= 0.6 is 11.3 Å². The van der Waals surface area contributed by atoms with Gasteiger partial charge in [0.15, 0.2) is 5.76 Å². The van der Waals surface area contributed by atoms with E-state index in [0.717, 1.165) is 22.4 Å².